The van der Waals surface area contributed by atoms with Crippen molar-refractivity contribution >= 4 is 42.3 Å². The van der Waals surface area contributed by atoms with Crippen molar-refractivity contribution in [3.63, 3.8) is 0 Å². The maximum atomic E-state index is 14.2. The number of benzene rings is 2. The summed E-state index contributed by atoms with van der Waals surface area (Å²) in [6.07, 6.45) is 1.96. The van der Waals surface area contributed by atoms with Crippen LogP contribution in [-0.4, -0.2) is 36.1 Å². The summed E-state index contributed by atoms with van der Waals surface area (Å²) in [4.78, 5) is 0. The van der Waals surface area contributed by atoms with Gasteiger partial charge in [0, 0.05) is 36.1 Å². The molecule has 0 amide bonds. The Morgan fingerprint density at radius 3 is 2.26 bits per heavy atom. The molecule has 144 valence electrons. The summed E-state index contributed by atoms with van der Waals surface area (Å²) in [7, 11) is -3.40. The number of rotatable bonds is 7. The van der Waals surface area contributed by atoms with Gasteiger partial charge in [0.15, 0.2) is 0 Å². The predicted molar refractivity (Wildman–Crippen MR) is 115 cm³/mol. The molecule has 1 aliphatic heterocycles. The Kier molecular flexibility index (Phi) is 6.88. The fraction of sp³-hybridized carbons (Fsp3) is 0.300. The van der Waals surface area contributed by atoms with Crippen LogP contribution in [0.5, 0.6) is 0 Å². The minimum absolute atomic E-state index is 0.344. The Hall–Kier alpha value is -1.45. The third-order valence-electron chi connectivity index (χ3n) is 4.40. The quantitative estimate of drug-likeness (QED) is 0.417. The Morgan fingerprint density at radius 2 is 1.67 bits per heavy atom. The topological polar surface area (TPSA) is 32.8 Å². The average molecular weight is 425 g/mol. The lowest BCUT2D eigenvalue weighted by Gasteiger charge is -2.41. The zero-order chi connectivity index (χ0) is 19.3. The van der Waals surface area contributed by atoms with E-state index >= 15 is 0 Å². The largest absolute Gasteiger partial charge is 0.422 e. The van der Waals surface area contributed by atoms with Crippen molar-refractivity contribution in [2.75, 3.05) is 36.1 Å². The fourth-order valence-corrected chi connectivity index (χ4v) is 6.02. The summed E-state index contributed by atoms with van der Waals surface area (Å²) in [5.74, 6) is 1.31. The molecule has 0 N–H and O–H groups in total. The summed E-state index contributed by atoms with van der Waals surface area (Å²) in [5.41, 5.74) is 2.89. The van der Waals surface area contributed by atoms with E-state index in [4.69, 9.17) is 27.7 Å². The molecule has 2 aromatic rings. The fourth-order valence-electron chi connectivity index (χ4n) is 3.00. The molecule has 0 saturated heterocycles. The standard InChI is InChI=1S/C20H23Cl2N2O2P/c1-17-7-9-19(10-8-17)24-14-11-20(18-5-3-2-4-6-18)26-27(24,25)23(15-12-21)16-13-22/h2-11H,12-16H2,1H3. The summed E-state index contributed by atoms with van der Waals surface area (Å²) in [6, 6.07) is 17.7. The Bertz CT molecular complexity index is 822. The van der Waals surface area contributed by atoms with E-state index in [0.29, 0.717) is 37.2 Å². The highest BCUT2D eigenvalue weighted by molar-refractivity contribution is 7.58. The van der Waals surface area contributed by atoms with Crippen molar-refractivity contribution in [3.8, 4) is 0 Å². The lowest BCUT2D eigenvalue weighted by Crippen LogP contribution is -2.37. The third kappa shape index (κ3) is 4.52. The lowest BCUT2D eigenvalue weighted by atomic mass is 10.2. The third-order valence-corrected chi connectivity index (χ3v) is 7.30. The van der Waals surface area contributed by atoms with Crippen LogP contribution in [0, 0.1) is 6.92 Å². The van der Waals surface area contributed by atoms with Crippen LogP contribution in [-0.2, 0) is 9.09 Å². The van der Waals surface area contributed by atoms with Gasteiger partial charge in [0.2, 0.25) is 0 Å². The van der Waals surface area contributed by atoms with Crippen LogP contribution in [0.1, 0.15) is 11.1 Å². The van der Waals surface area contributed by atoms with Crippen molar-refractivity contribution < 1.29 is 9.09 Å². The highest BCUT2D eigenvalue weighted by Gasteiger charge is 2.42. The van der Waals surface area contributed by atoms with Gasteiger partial charge in [0.05, 0.1) is 6.54 Å². The van der Waals surface area contributed by atoms with Gasteiger partial charge in [-0.05, 0) is 25.1 Å². The van der Waals surface area contributed by atoms with E-state index in [-0.39, 0.29) is 0 Å². The van der Waals surface area contributed by atoms with E-state index in [9.17, 15) is 4.57 Å². The monoisotopic (exact) mass is 424 g/mol. The molecule has 1 aliphatic rings. The molecule has 0 aliphatic carbocycles. The first-order valence-corrected chi connectivity index (χ1v) is 11.5. The molecule has 7 heteroatoms. The highest BCUT2D eigenvalue weighted by Crippen LogP contribution is 2.60. The number of nitrogens with zero attached hydrogens (tertiary/aromatic N) is 2. The SMILES string of the molecule is Cc1ccc(N2CC=C(c3ccccc3)OP2(=O)N(CCCl)CCCl)cc1. The zero-order valence-electron chi connectivity index (χ0n) is 15.2. The van der Waals surface area contributed by atoms with Gasteiger partial charge >= 0.3 is 7.67 Å². The van der Waals surface area contributed by atoms with Gasteiger partial charge in [0.1, 0.15) is 5.76 Å². The molecule has 0 fully saturated rings. The summed E-state index contributed by atoms with van der Waals surface area (Å²) < 4.78 is 23.9. The van der Waals surface area contributed by atoms with E-state index in [2.05, 4.69) is 0 Å². The summed E-state index contributed by atoms with van der Waals surface area (Å²) in [6.45, 7) is 3.36. The first-order valence-electron chi connectivity index (χ1n) is 8.86. The van der Waals surface area contributed by atoms with E-state index in [1.54, 1.807) is 4.67 Å². The van der Waals surface area contributed by atoms with Crippen LogP contribution in [0.4, 0.5) is 5.69 Å². The lowest BCUT2D eigenvalue weighted by molar-refractivity contribution is 0.350. The first-order chi connectivity index (χ1) is 13.1. The van der Waals surface area contributed by atoms with Crippen LogP contribution in [0.2, 0.25) is 0 Å². The van der Waals surface area contributed by atoms with Crippen LogP contribution in [0.15, 0.2) is 60.7 Å². The van der Waals surface area contributed by atoms with Crippen molar-refractivity contribution in [2.24, 2.45) is 0 Å². The van der Waals surface area contributed by atoms with Crippen molar-refractivity contribution in [3.05, 3.63) is 71.8 Å². The van der Waals surface area contributed by atoms with Gasteiger partial charge in [-0.2, -0.15) is 0 Å². The van der Waals surface area contributed by atoms with Crippen molar-refractivity contribution in [1.82, 2.24) is 4.67 Å². The van der Waals surface area contributed by atoms with Gasteiger partial charge in [-0.3, -0.25) is 4.67 Å². The van der Waals surface area contributed by atoms with Gasteiger partial charge in [-0.15, -0.1) is 23.2 Å². The zero-order valence-corrected chi connectivity index (χ0v) is 17.6. The van der Waals surface area contributed by atoms with Gasteiger partial charge in [-0.25, -0.2) is 9.24 Å². The molecular weight excluding hydrogens is 402 g/mol. The molecule has 0 spiro atoms. The van der Waals surface area contributed by atoms with Crippen molar-refractivity contribution in [2.45, 2.75) is 6.92 Å². The van der Waals surface area contributed by atoms with Gasteiger partial charge < -0.3 is 4.52 Å². The van der Waals surface area contributed by atoms with Crippen LogP contribution >= 0.6 is 30.9 Å². The first kappa shape index (κ1) is 20.3. The number of hydrogen-bond acceptors (Lipinski definition) is 2. The van der Waals surface area contributed by atoms with E-state index < -0.39 is 7.67 Å². The molecule has 0 bridgehead atoms. The minimum Gasteiger partial charge on any atom is -0.417 e. The second-order valence-electron chi connectivity index (χ2n) is 6.27. The molecule has 2 aromatic carbocycles. The average Bonchev–Trinajstić information content (AvgIpc) is 2.69. The molecule has 4 nitrogen and oxygen atoms in total. The van der Waals surface area contributed by atoms with Crippen LogP contribution < -0.4 is 4.67 Å². The van der Waals surface area contributed by atoms with Crippen molar-refractivity contribution in [1.29, 1.82) is 0 Å². The van der Waals surface area contributed by atoms with E-state index in [1.165, 1.54) is 0 Å². The predicted octanol–water partition coefficient (Wildman–Crippen LogP) is 5.76. The van der Waals surface area contributed by atoms with E-state index in [1.807, 2.05) is 72.3 Å². The number of hydrogen-bond donors (Lipinski definition) is 0. The Morgan fingerprint density at radius 1 is 1.04 bits per heavy atom. The van der Waals surface area contributed by atoms with Crippen LogP contribution in [0.3, 0.4) is 0 Å². The second kappa shape index (κ2) is 9.16. The van der Waals surface area contributed by atoms with Gasteiger partial charge in [-0.1, -0.05) is 48.0 Å². The summed E-state index contributed by atoms with van der Waals surface area (Å²) >= 11 is 12.0. The number of halogens is 2. The smallest absolute Gasteiger partial charge is 0.417 e. The molecule has 3 rings (SSSR count). The number of anilines is 1. The number of alkyl halides is 2. The molecule has 1 unspecified atom stereocenters. The Balaban J connectivity index is 2.03. The summed E-state index contributed by atoms with van der Waals surface area (Å²) in [5, 5.41) is 0. The second-order valence-corrected chi connectivity index (χ2v) is 9.23. The highest BCUT2D eigenvalue weighted by atomic mass is 35.5. The maximum absolute atomic E-state index is 14.2. The van der Waals surface area contributed by atoms with Crippen LogP contribution in [0.25, 0.3) is 5.76 Å². The number of aryl methyl sites for hydroxylation is 1. The normalized spacial score (nSPS) is 19.7. The molecule has 0 aromatic heterocycles. The maximum Gasteiger partial charge on any atom is 0.422 e. The molecule has 27 heavy (non-hydrogen) atoms. The minimum atomic E-state index is -3.40. The van der Waals surface area contributed by atoms with Gasteiger partial charge in [0.25, 0.3) is 0 Å². The molecule has 0 saturated carbocycles. The molecule has 1 atom stereocenters. The van der Waals surface area contributed by atoms with E-state index in [0.717, 1.165) is 16.8 Å². The molecular formula is C20H23Cl2N2O2P. The molecule has 1 heterocycles. The molecule has 0 radical (unpaired) electrons. The Labute approximate surface area is 170 Å².